The minimum Gasteiger partial charge on any atom is -0.361 e. The molecule has 0 amide bonds. The molecule has 1 fully saturated rings. The van der Waals surface area contributed by atoms with Gasteiger partial charge < -0.3 is 9.88 Å². The van der Waals surface area contributed by atoms with Crippen LogP contribution in [0.15, 0.2) is 42.6 Å². The second-order valence-electron chi connectivity index (χ2n) is 11.0. The number of likely N-dealkylation sites (tertiary alicyclic amines) is 1. The van der Waals surface area contributed by atoms with Crippen molar-refractivity contribution in [1.82, 2.24) is 9.88 Å². The van der Waals surface area contributed by atoms with Crippen LogP contribution in [-0.2, 0) is 25.7 Å². The van der Waals surface area contributed by atoms with Crippen molar-refractivity contribution >= 4 is 16.7 Å². The van der Waals surface area contributed by atoms with Gasteiger partial charge in [-0.15, -0.1) is 0 Å². The van der Waals surface area contributed by atoms with Crippen molar-refractivity contribution in [3.8, 4) is 0 Å². The Balaban J connectivity index is 1.54. The molecule has 2 aromatic carbocycles. The quantitative estimate of drug-likeness (QED) is 0.376. The first-order valence-corrected chi connectivity index (χ1v) is 12.7. The highest BCUT2D eigenvalue weighted by Gasteiger charge is 2.22. The molecule has 1 aliphatic rings. The first-order chi connectivity index (χ1) is 15.8. The van der Waals surface area contributed by atoms with Crippen LogP contribution in [0.1, 0.15) is 73.1 Å². The molecule has 1 N–H and O–H groups in total. The predicted molar refractivity (Wildman–Crippen MR) is 139 cm³/mol. The van der Waals surface area contributed by atoms with Gasteiger partial charge in [-0.3, -0.25) is 4.79 Å². The van der Waals surface area contributed by atoms with Crippen molar-refractivity contribution in [2.45, 2.75) is 72.3 Å². The number of Topliss-reactive ketones (excluding diaryl/α,β-unsaturated/α-hetero) is 1. The summed E-state index contributed by atoms with van der Waals surface area (Å²) < 4.78 is 0. The molecule has 1 saturated heterocycles. The molecule has 3 nitrogen and oxygen atoms in total. The van der Waals surface area contributed by atoms with E-state index < -0.39 is 0 Å². The van der Waals surface area contributed by atoms with Crippen LogP contribution in [0, 0.1) is 11.8 Å². The molecule has 1 aliphatic heterocycles. The van der Waals surface area contributed by atoms with Gasteiger partial charge in [0.2, 0.25) is 0 Å². The van der Waals surface area contributed by atoms with E-state index >= 15 is 0 Å². The Bertz CT molecular complexity index is 1110. The number of ketones is 1. The number of likely N-dealkylation sites (N-methyl/N-ethyl adjacent to an activating group) is 1. The van der Waals surface area contributed by atoms with Crippen molar-refractivity contribution in [2.75, 3.05) is 13.6 Å². The number of hydrogen-bond acceptors (Lipinski definition) is 2. The molecule has 0 saturated carbocycles. The van der Waals surface area contributed by atoms with E-state index in [1.54, 1.807) is 0 Å². The maximum absolute atomic E-state index is 13.3. The van der Waals surface area contributed by atoms with Gasteiger partial charge in [-0.25, -0.2) is 0 Å². The lowest BCUT2D eigenvalue weighted by atomic mass is 9.90. The van der Waals surface area contributed by atoms with Gasteiger partial charge in [0.05, 0.1) is 0 Å². The van der Waals surface area contributed by atoms with Crippen LogP contribution >= 0.6 is 0 Å². The van der Waals surface area contributed by atoms with Crippen molar-refractivity contribution in [3.05, 3.63) is 70.4 Å². The Labute approximate surface area is 199 Å². The van der Waals surface area contributed by atoms with E-state index in [1.807, 2.05) is 6.07 Å². The summed E-state index contributed by atoms with van der Waals surface area (Å²) in [6.45, 7) is 10.2. The number of nitrogens with zero attached hydrogens (tertiary/aromatic N) is 1. The lowest BCUT2D eigenvalue weighted by Gasteiger charge is -2.18. The van der Waals surface area contributed by atoms with Gasteiger partial charge in [0.25, 0.3) is 0 Å². The lowest BCUT2D eigenvalue weighted by Crippen LogP contribution is -2.26. The third-order valence-corrected chi connectivity index (χ3v) is 7.11. The molecule has 1 atom stereocenters. The number of carbonyl (C=O) groups is 1. The number of aromatic amines is 1. The fourth-order valence-corrected chi connectivity index (χ4v) is 5.35. The number of rotatable bonds is 9. The van der Waals surface area contributed by atoms with Crippen LogP contribution in [0.2, 0.25) is 0 Å². The Morgan fingerprint density at radius 3 is 2.45 bits per heavy atom. The van der Waals surface area contributed by atoms with Gasteiger partial charge in [-0.2, -0.15) is 0 Å². The number of carbonyl (C=O) groups excluding carboxylic acids is 1. The SMILES string of the molecule is CC(C)Cc1ccc(C(=O)Cc2ccc3[nH]cc(CC4CCCN4C)c3c2)cc1CC(C)C. The Hall–Kier alpha value is -2.39. The van der Waals surface area contributed by atoms with Gasteiger partial charge in [0.1, 0.15) is 0 Å². The Morgan fingerprint density at radius 1 is 1.00 bits per heavy atom. The molecule has 3 aromatic rings. The third-order valence-electron chi connectivity index (χ3n) is 7.11. The molecule has 0 aliphatic carbocycles. The number of benzene rings is 2. The summed E-state index contributed by atoms with van der Waals surface area (Å²) in [5.74, 6) is 1.40. The highest BCUT2D eigenvalue weighted by atomic mass is 16.1. The second-order valence-corrected chi connectivity index (χ2v) is 11.0. The second kappa shape index (κ2) is 10.3. The van der Waals surface area contributed by atoms with E-state index in [0.717, 1.165) is 30.4 Å². The predicted octanol–water partition coefficient (Wildman–Crippen LogP) is 6.63. The van der Waals surface area contributed by atoms with Crippen LogP contribution in [0.3, 0.4) is 0 Å². The summed E-state index contributed by atoms with van der Waals surface area (Å²) in [5.41, 5.74) is 7.22. The van der Waals surface area contributed by atoms with Crippen molar-refractivity contribution < 1.29 is 4.79 Å². The molecule has 1 unspecified atom stereocenters. The molecule has 3 heteroatoms. The van der Waals surface area contributed by atoms with Crippen molar-refractivity contribution in [2.24, 2.45) is 11.8 Å². The van der Waals surface area contributed by atoms with E-state index in [-0.39, 0.29) is 5.78 Å². The molecular weight excluding hydrogens is 404 g/mol. The van der Waals surface area contributed by atoms with E-state index in [2.05, 4.69) is 81.2 Å². The van der Waals surface area contributed by atoms with Crippen LogP contribution in [-0.4, -0.2) is 35.3 Å². The first-order valence-electron chi connectivity index (χ1n) is 12.7. The Kier molecular flexibility index (Phi) is 7.38. The summed E-state index contributed by atoms with van der Waals surface area (Å²) in [6.07, 6.45) is 8.34. The maximum Gasteiger partial charge on any atom is 0.167 e. The molecule has 2 heterocycles. The zero-order valence-electron chi connectivity index (χ0n) is 21.1. The number of hydrogen-bond donors (Lipinski definition) is 1. The average Bonchev–Trinajstić information content (AvgIpc) is 3.35. The summed E-state index contributed by atoms with van der Waals surface area (Å²) in [4.78, 5) is 19.2. The van der Waals surface area contributed by atoms with E-state index in [9.17, 15) is 4.79 Å². The molecule has 1 aromatic heterocycles. The molecule has 0 spiro atoms. The monoisotopic (exact) mass is 444 g/mol. The van der Waals surface area contributed by atoms with Gasteiger partial charge in [-0.05, 0) is 98.0 Å². The van der Waals surface area contributed by atoms with Gasteiger partial charge in [0, 0.05) is 35.1 Å². The summed E-state index contributed by atoms with van der Waals surface area (Å²) >= 11 is 0. The minimum absolute atomic E-state index is 0.211. The molecule has 33 heavy (non-hydrogen) atoms. The standard InChI is InChI=1S/C30H40N2O/c1-20(2)13-23-9-10-24(17-25(23)14-21(3)4)30(33)16-22-8-11-29-28(15-22)26(19-31-29)18-27-7-6-12-32(27)5/h8-11,15,17,19-21,27,31H,6-7,12-14,16,18H2,1-5H3. The molecule has 0 bridgehead atoms. The highest BCUT2D eigenvalue weighted by Crippen LogP contribution is 2.26. The summed E-state index contributed by atoms with van der Waals surface area (Å²) in [6, 6.07) is 13.5. The van der Waals surface area contributed by atoms with Crippen molar-refractivity contribution in [3.63, 3.8) is 0 Å². The summed E-state index contributed by atoms with van der Waals surface area (Å²) in [7, 11) is 2.23. The lowest BCUT2D eigenvalue weighted by molar-refractivity contribution is 0.0993. The largest absolute Gasteiger partial charge is 0.361 e. The first kappa shape index (κ1) is 23.8. The summed E-state index contributed by atoms with van der Waals surface area (Å²) in [5, 5.41) is 1.27. The van der Waals surface area contributed by atoms with Crippen LogP contribution in [0.25, 0.3) is 10.9 Å². The van der Waals surface area contributed by atoms with E-state index in [0.29, 0.717) is 24.3 Å². The fraction of sp³-hybridized carbons (Fsp3) is 0.500. The van der Waals surface area contributed by atoms with Gasteiger partial charge in [-0.1, -0.05) is 45.9 Å². The minimum atomic E-state index is 0.211. The topological polar surface area (TPSA) is 36.1 Å². The van der Waals surface area contributed by atoms with Crippen LogP contribution in [0.4, 0.5) is 0 Å². The third kappa shape index (κ3) is 5.76. The van der Waals surface area contributed by atoms with Gasteiger partial charge in [0.15, 0.2) is 5.78 Å². The van der Waals surface area contributed by atoms with Gasteiger partial charge >= 0.3 is 0 Å². The maximum atomic E-state index is 13.3. The molecule has 4 rings (SSSR count). The number of nitrogens with one attached hydrogen (secondary N) is 1. The number of fused-ring (bicyclic) bond motifs is 1. The molecule has 176 valence electrons. The zero-order valence-corrected chi connectivity index (χ0v) is 21.1. The molecular formula is C30H40N2O. The van der Waals surface area contributed by atoms with Crippen LogP contribution in [0.5, 0.6) is 0 Å². The fourth-order valence-electron chi connectivity index (χ4n) is 5.35. The van der Waals surface area contributed by atoms with Crippen LogP contribution < -0.4 is 0 Å². The van der Waals surface area contributed by atoms with Crippen molar-refractivity contribution in [1.29, 1.82) is 0 Å². The number of H-pyrrole nitrogens is 1. The molecule has 0 radical (unpaired) electrons. The highest BCUT2D eigenvalue weighted by molar-refractivity contribution is 5.98. The zero-order chi connectivity index (χ0) is 23.5. The Morgan fingerprint density at radius 2 is 1.76 bits per heavy atom. The van der Waals surface area contributed by atoms with E-state index in [4.69, 9.17) is 0 Å². The van der Waals surface area contributed by atoms with E-state index in [1.165, 1.54) is 47.0 Å². The number of aromatic nitrogens is 1. The smallest absolute Gasteiger partial charge is 0.167 e. The average molecular weight is 445 g/mol. The normalized spacial score (nSPS) is 17.0.